The molecule has 0 aliphatic heterocycles. The van der Waals surface area contributed by atoms with Crippen LogP contribution in [0.15, 0.2) is 243 Å². The van der Waals surface area contributed by atoms with E-state index >= 15 is 0 Å². The lowest BCUT2D eigenvalue weighted by atomic mass is 9.74. The van der Waals surface area contributed by atoms with Crippen molar-refractivity contribution >= 4 is 38.6 Å². The van der Waals surface area contributed by atoms with Gasteiger partial charge in [0.2, 0.25) is 0 Å². The normalized spacial score (nSPS) is 15.2. The fourth-order valence-electron chi connectivity index (χ4n) is 12.0. The molecule has 0 spiro atoms. The molecule has 11 aromatic rings. The Bertz CT molecular complexity index is 3770. The standard InChI is InChI=1S/C67H49N/c1-66(2)61-28-12-9-22-57(61)60-27-15-24-52(65(60)66)46-33-39-50(40-34-46)68(64-30-14-11-23-59(64)54-26-16-25-53-51-20-8-7-17-45(51)35-41-55(53)54)49-37-31-44(32-38-49)47-36-42-58-56-21-10-13-29-62(56)67(3,63(58)43-47)48-18-5-4-6-19-48/h4-43H,1-3H3. The van der Waals surface area contributed by atoms with Gasteiger partial charge in [-0.3, -0.25) is 0 Å². The van der Waals surface area contributed by atoms with Crippen LogP contribution in [0.25, 0.3) is 77.2 Å². The average Bonchev–Trinajstić information content (AvgIpc) is 3.80. The molecule has 2 aliphatic carbocycles. The van der Waals surface area contributed by atoms with Crippen LogP contribution < -0.4 is 4.90 Å². The number of hydrogen-bond donors (Lipinski definition) is 0. The van der Waals surface area contributed by atoms with Crippen molar-refractivity contribution in [2.75, 3.05) is 4.90 Å². The van der Waals surface area contributed by atoms with Crippen LogP contribution in [0.1, 0.15) is 48.6 Å². The number of anilines is 3. The second-order valence-electron chi connectivity index (χ2n) is 19.3. The summed E-state index contributed by atoms with van der Waals surface area (Å²) in [7, 11) is 0. The van der Waals surface area contributed by atoms with Gasteiger partial charge < -0.3 is 4.90 Å². The summed E-state index contributed by atoms with van der Waals surface area (Å²) in [6, 6.07) is 90.2. The molecule has 1 nitrogen and oxygen atoms in total. The van der Waals surface area contributed by atoms with Gasteiger partial charge in [0, 0.05) is 27.8 Å². The zero-order chi connectivity index (χ0) is 45.6. The molecule has 0 fully saturated rings. The molecule has 0 aromatic heterocycles. The molecule has 1 atom stereocenters. The molecule has 322 valence electrons. The predicted molar refractivity (Wildman–Crippen MR) is 287 cm³/mol. The highest BCUT2D eigenvalue weighted by atomic mass is 15.1. The first kappa shape index (κ1) is 40.1. The molecule has 0 radical (unpaired) electrons. The lowest BCUT2D eigenvalue weighted by Gasteiger charge is -2.29. The van der Waals surface area contributed by atoms with Crippen molar-refractivity contribution in [2.45, 2.75) is 31.6 Å². The Kier molecular flexibility index (Phi) is 9.07. The van der Waals surface area contributed by atoms with E-state index < -0.39 is 0 Å². The molecule has 1 unspecified atom stereocenters. The van der Waals surface area contributed by atoms with Crippen LogP contribution >= 0.6 is 0 Å². The van der Waals surface area contributed by atoms with Crippen LogP contribution in [0.4, 0.5) is 17.1 Å². The molecule has 1 heteroatoms. The molecular formula is C67H49N. The molecule has 0 amide bonds. The minimum Gasteiger partial charge on any atom is -0.310 e. The first-order valence-corrected chi connectivity index (χ1v) is 23.9. The SMILES string of the molecule is CC1(C)c2ccccc2-c2cccc(-c3ccc(N(c4ccc(-c5ccc6c(c5)C(C)(c5ccccc5)c5ccccc5-6)cc4)c4ccccc4-c4cccc5c4ccc4ccccc45)cc3)c21. The quantitative estimate of drug-likeness (QED) is 0.144. The zero-order valence-corrected chi connectivity index (χ0v) is 38.5. The van der Waals surface area contributed by atoms with E-state index in [9.17, 15) is 0 Å². The number of hydrogen-bond acceptors (Lipinski definition) is 1. The number of nitrogens with zero attached hydrogens (tertiary/aromatic N) is 1. The second-order valence-corrected chi connectivity index (χ2v) is 19.3. The van der Waals surface area contributed by atoms with Crippen molar-refractivity contribution in [3.05, 3.63) is 270 Å². The topological polar surface area (TPSA) is 3.24 Å². The highest BCUT2D eigenvalue weighted by Crippen LogP contribution is 2.55. The third-order valence-electron chi connectivity index (χ3n) is 15.4. The minimum atomic E-state index is -0.261. The third-order valence-corrected chi connectivity index (χ3v) is 15.4. The molecular weight excluding hydrogens is 819 g/mol. The van der Waals surface area contributed by atoms with E-state index in [1.165, 1.54) is 105 Å². The summed E-state index contributed by atoms with van der Waals surface area (Å²) < 4.78 is 0. The summed E-state index contributed by atoms with van der Waals surface area (Å²) in [6.07, 6.45) is 0. The smallest absolute Gasteiger partial charge is 0.0540 e. The highest BCUT2D eigenvalue weighted by molar-refractivity contribution is 6.13. The maximum atomic E-state index is 2.45. The lowest BCUT2D eigenvalue weighted by molar-refractivity contribution is 0.662. The van der Waals surface area contributed by atoms with E-state index in [1.807, 2.05) is 0 Å². The van der Waals surface area contributed by atoms with Crippen LogP contribution in [-0.2, 0) is 10.8 Å². The van der Waals surface area contributed by atoms with Gasteiger partial charge in [0.15, 0.2) is 0 Å². The van der Waals surface area contributed by atoms with Crippen molar-refractivity contribution in [2.24, 2.45) is 0 Å². The van der Waals surface area contributed by atoms with Crippen molar-refractivity contribution in [3.8, 4) is 55.6 Å². The Morgan fingerprint density at radius 2 is 0.853 bits per heavy atom. The fourth-order valence-corrected chi connectivity index (χ4v) is 12.0. The highest BCUT2D eigenvalue weighted by Gasteiger charge is 2.41. The summed E-state index contributed by atoms with van der Waals surface area (Å²) in [4.78, 5) is 2.45. The summed E-state index contributed by atoms with van der Waals surface area (Å²) in [5.41, 5.74) is 22.4. The van der Waals surface area contributed by atoms with E-state index in [2.05, 4.69) is 268 Å². The number of rotatable bonds is 7. The molecule has 0 saturated carbocycles. The second kappa shape index (κ2) is 15.4. The summed E-state index contributed by atoms with van der Waals surface area (Å²) in [5.74, 6) is 0. The minimum absolute atomic E-state index is 0.110. The Morgan fingerprint density at radius 1 is 0.309 bits per heavy atom. The Morgan fingerprint density at radius 3 is 1.63 bits per heavy atom. The van der Waals surface area contributed by atoms with E-state index in [1.54, 1.807) is 0 Å². The van der Waals surface area contributed by atoms with Gasteiger partial charge >= 0.3 is 0 Å². The number of para-hydroxylation sites is 1. The van der Waals surface area contributed by atoms with Gasteiger partial charge in [0.05, 0.1) is 5.69 Å². The maximum Gasteiger partial charge on any atom is 0.0540 e. The van der Waals surface area contributed by atoms with Crippen LogP contribution in [0.2, 0.25) is 0 Å². The summed E-state index contributed by atoms with van der Waals surface area (Å²) in [5, 5.41) is 5.02. The molecule has 0 heterocycles. The molecule has 11 aromatic carbocycles. The van der Waals surface area contributed by atoms with Gasteiger partial charge in [-0.2, -0.15) is 0 Å². The van der Waals surface area contributed by atoms with Crippen molar-refractivity contribution in [1.29, 1.82) is 0 Å². The molecule has 68 heavy (non-hydrogen) atoms. The average molecular weight is 868 g/mol. The Labute approximate surface area is 399 Å². The largest absolute Gasteiger partial charge is 0.310 e. The van der Waals surface area contributed by atoms with E-state index in [-0.39, 0.29) is 10.8 Å². The van der Waals surface area contributed by atoms with Crippen molar-refractivity contribution in [1.82, 2.24) is 0 Å². The van der Waals surface area contributed by atoms with Gasteiger partial charge in [-0.1, -0.05) is 220 Å². The number of fused-ring (bicyclic) bond motifs is 9. The Balaban J connectivity index is 0.945. The van der Waals surface area contributed by atoms with E-state index in [0.717, 1.165) is 17.1 Å². The van der Waals surface area contributed by atoms with Crippen LogP contribution in [0.5, 0.6) is 0 Å². The van der Waals surface area contributed by atoms with Gasteiger partial charge in [-0.15, -0.1) is 0 Å². The monoisotopic (exact) mass is 867 g/mol. The summed E-state index contributed by atoms with van der Waals surface area (Å²) in [6.45, 7) is 7.14. The van der Waals surface area contributed by atoms with Crippen molar-refractivity contribution in [3.63, 3.8) is 0 Å². The van der Waals surface area contributed by atoms with Crippen LogP contribution in [-0.4, -0.2) is 0 Å². The predicted octanol–water partition coefficient (Wildman–Crippen LogP) is 18.1. The lowest BCUT2D eigenvalue weighted by Crippen LogP contribution is -2.22. The van der Waals surface area contributed by atoms with E-state index in [0.29, 0.717) is 0 Å². The van der Waals surface area contributed by atoms with E-state index in [4.69, 9.17) is 0 Å². The van der Waals surface area contributed by atoms with Gasteiger partial charge in [-0.05, 0) is 143 Å². The zero-order valence-electron chi connectivity index (χ0n) is 38.5. The fraction of sp³-hybridized carbons (Fsp3) is 0.0746. The third kappa shape index (κ3) is 6.02. The maximum absolute atomic E-state index is 2.45. The van der Waals surface area contributed by atoms with Crippen LogP contribution in [0.3, 0.4) is 0 Å². The molecule has 13 rings (SSSR count). The van der Waals surface area contributed by atoms with Crippen LogP contribution in [0, 0.1) is 0 Å². The number of benzene rings is 11. The molecule has 0 N–H and O–H groups in total. The van der Waals surface area contributed by atoms with Gasteiger partial charge in [0.25, 0.3) is 0 Å². The first-order valence-electron chi connectivity index (χ1n) is 23.9. The first-order chi connectivity index (χ1) is 33.4. The van der Waals surface area contributed by atoms with Gasteiger partial charge in [0.1, 0.15) is 0 Å². The molecule has 0 saturated heterocycles. The molecule has 0 bridgehead atoms. The van der Waals surface area contributed by atoms with Gasteiger partial charge in [-0.25, -0.2) is 0 Å². The summed E-state index contributed by atoms with van der Waals surface area (Å²) >= 11 is 0. The molecule has 2 aliphatic rings. The van der Waals surface area contributed by atoms with Crippen molar-refractivity contribution < 1.29 is 0 Å². The Hall–Kier alpha value is -8.26.